The molecule has 0 saturated carbocycles. The summed E-state index contributed by atoms with van der Waals surface area (Å²) >= 11 is 6.12. The molecule has 2 amide bonds. The number of hydrogen-bond acceptors (Lipinski definition) is 6. The quantitative estimate of drug-likeness (QED) is 0.226. The van der Waals surface area contributed by atoms with Gasteiger partial charge in [0, 0.05) is 31.2 Å². The van der Waals surface area contributed by atoms with E-state index in [0.717, 1.165) is 16.7 Å². The summed E-state index contributed by atoms with van der Waals surface area (Å²) in [7, 11) is -3.67. The van der Waals surface area contributed by atoms with E-state index >= 15 is 0 Å². The summed E-state index contributed by atoms with van der Waals surface area (Å²) in [5.41, 5.74) is 3.47. The molecule has 1 saturated heterocycles. The summed E-state index contributed by atoms with van der Waals surface area (Å²) in [6, 6.07) is 29.1. The van der Waals surface area contributed by atoms with E-state index < -0.39 is 22.0 Å². The van der Waals surface area contributed by atoms with Crippen molar-refractivity contribution in [1.29, 1.82) is 0 Å². The van der Waals surface area contributed by atoms with Gasteiger partial charge in [-0.3, -0.25) is 9.59 Å². The van der Waals surface area contributed by atoms with E-state index in [1.165, 1.54) is 33.5 Å². The van der Waals surface area contributed by atoms with E-state index in [-0.39, 0.29) is 24.0 Å². The molecule has 9 nitrogen and oxygen atoms in total. The predicted molar refractivity (Wildman–Crippen MR) is 176 cm³/mol. The topological polar surface area (TPSA) is 105 Å². The van der Waals surface area contributed by atoms with Gasteiger partial charge in [0.15, 0.2) is 6.61 Å². The van der Waals surface area contributed by atoms with Gasteiger partial charge in [-0.1, -0.05) is 83.9 Å². The molecule has 46 heavy (non-hydrogen) atoms. The van der Waals surface area contributed by atoms with Gasteiger partial charge in [0.1, 0.15) is 11.8 Å². The molecule has 1 heterocycles. The minimum atomic E-state index is -3.67. The maximum absolute atomic E-state index is 13.9. The van der Waals surface area contributed by atoms with Crippen LogP contribution in [-0.4, -0.2) is 62.3 Å². The van der Waals surface area contributed by atoms with Crippen LogP contribution in [0.25, 0.3) is 0 Å². The third-order valence-electron chi connectivity index (χ3n) is 7.64. The molecular weight excluding hydrogens is 626 g/mol. The van der Waals surface area contributed by atoms with Crippen LogP contribution in [0.3, 0.4) is 0 Å². The number of ether oxygens (including phenoxy) is 2. The maximum atomic E-state index is 13.9. The van der Waals surface area contributed by atoms with Gasteiger partial charge in [0.2, 0.25) is 15.9 Å². The molecule has 1 N–H and O–H groups in total. The standard InChI is InChI=1S/C35H36ClN3O6S/c1-26-7-9-27(10-8-26)23-37-35(41)34(29-5-3-2-4-6-29)39(24-28-11-13-30(36)14-12-28)33(40)25-45-31-15-17-32(18-16-31)46(42,43)38-19-21-44-22-20-38/h2-18,34H,19-25H2,1H3,(H,37,41)/t34-/m1/s1. The second kappa shape index (κ2) is 15.4. The van der Waals surface area contributed by atoms with E-state index in [9.17, 15) is 18.0 Å². The van der Waals surface area contributed by atoms with Crippen molar-refractivity contribution in [3.8, 4) is 5.75 Å². The number of morpholine rings is 1. The zero-order valence-electron chi connectivity index (χ0n) is 25.5. The molecule has 0 unspecified atom stereocenters. The van der Waals surface area contributed by atoms with Gasteiger partial charge in [0.25, 0.3) is 5.91 Å². The number of halogens is 1. The number of nitrogens with zero attached hydrogens (tertiary/aromatic N) is 2. The summed E-state index contributed by atoms with van der Waals surface area (Å²) in [5, 5.41) is 3.56. The second-order valence-electron chi connectivity index (χ2n) is 10.9. The SMILES string of the molecule is Cc1ccc(CNC(=O)[C@@H](c2ccccc2)N(Cc2ccc(Cl)cc2)C(=O)COc2ccc(S(=O)(=O)N3CCOCC3)cc2)cc1. The van der Waals surface area contributed by atoms with Crippen LogP contribution in [0, 0.1) is 6.92 Å². The Morgan fingerprint density at radius 1 is 0.891 bits per heavy atom. The van der Waals surface area contributed by atoms with Gasteiger partial charge < -0.3 is 19.7 Å². The van der Waals surface area contributed by atoms with Crippen LogP contribution in [0.1, 0.15) is 28.3 Å². The van der Waals surface area contributed by atoms with Crippen LogP contribution < -0.4 is 10.1 Å². The van der Waals surface area contributed by atoms with Gasteiger partial charge in [-0.25, -0.2) is 8.42 Å². The van der Waals surface area contributed by atoms with E-state index in [0.29, 0.717) is 49.2 Å². The Kier molecular flexibility index (Phi) is 11.1. The number of rotatable bonds is 12. The molecule has 0 bridgehead atoms. The van der Waals surface area contributed by atoms with Crippen molar-refractivity contribution in [2.24, 2.45) is 0 Å². The third-order valence-corrected chi connectivity index (χ3v) is 9.81. The summed E-state index contributed by atoms with van der Waals surface area (Å²) in [4.78, 5) is 29.4. The van der Waals surface area contributed by atoms with Crippen molar-refractivity contribution in [3.05, 3.63) is 130 Å². The molecule has 11 heteroatoms. The van der Waals surface area contributed by atoms with Gasteiger partial charge in [-0.05, 0) is 60.0 Å². The number of carbonyl (C=O) groups is 2. The Morgan fingerprint density at radius 2 is 1.52 bits per heavy atom. The molecule has 4 aromatic carbocycles. The molecule has 0 radical (unpaired) electrons. The van der Waals surface area contributed by atoms with E-state index in [4.69, 9.17) is 21.1 Å². The van der Waals surface area contributed by atoms with Crippen molar-refractivity contribution in [2.45, 2.75) is 31.0 Å². The summed E-state index contributed by atoms with van der Waals surface area (Å²) in [6.07, 6.45) is 0. The Morgan fingerprint density at radius 3 is 2.17 bits per heavy atom. The predicted octanol–water partition coefficient (Wildman–Crippen LogP) is 5.13. The van der Waals surface area contributed by atoms with Crippen LogP contribution in [0.5, 0.6) is 5.75 Å². The lowest BCUT2D eigenvalue weighted by Gasteiger charge is -2.31. The van der Waals surface area contributed by atoms with E-state index in [1.807, 2.05) is 73.7 Å². The number of nitrogens with one attached hydrogen (secondary N) is 1. The fourth-order valence-corrected chi connectivity index (χ4v) is 6.62. The summed E-state index contributed by atoms with van der Waals surface area (Å²) in [5.74, 6) is -0.452. The highest BCUT2D eigenvalue weighted by molar-refractivity contribution is 7.89. The fraction of sp³-hybridized carbons (Fsp3) is 0.257. The first-order valence-electron chi connectivity index (χ1n) is 14.9. The van der Waals surface area contributed by atoms with Crippen molar-refractivity contribution >= 4 is 33.4 Å². The van der Waals surface area contributed by atoms with Crippen molar-refractivity contribution in [3.63, 3.8) is 0 Å². The highest BCUT2D eigenvalue weighted by Crippen LogP contribution is 2.26. The molecule has 1 aliphatic heterocycles. The first-order chi connectivity index (χ1) is 22.2. The highest BCUT2D eigenvalue weighted by atomic mass is 35.5. The number of sulfonamides is 1. The zero-order chi connectivity index (χ0) is 32.5. The normalized spacial score (nSPS) is 14.3. The monoisotopic (exact) mass is 661 g/mol. The molecular formula is C35H36ClN3O6S. The molecule has 0 spiro atoms. The first-order valence-corrected chi connectivity index (χ1v) is 16.8. The van der Waals surface area contributed by atoms with Crippen molar-refractivity contribution in [2.75, 3.05) is 32.9 Å². The van der Waals surface area contributed by atoms with E-state index in [1.54, 1.807) is 12.1 Å². The smallest absolute Gasteiger partial charge is 0.261 e. The fourth-order valence-electron chi connectivity index (χ4n) is 5.08. The number of benzene rings is 4. The van der Waals surface area contributed by atoms with Crippen LogP contribution in [-0.2, 0) is 37.4 Å². The van der Waals surface area contributed by atoms with Gasteiger partial charge >= 0.3 is 0 Å². The first kappa shape index (κ1) is 33.2. The minimum absolute atomic E-state index is 0.119. The van der Waals surface area contributed by atoms with Gasteiger partial charge in [0.05, 0.1) is 18.1 Å². The van der Waals surface area contributed by atoms with Crippen LogP contribution in [0.2, 0.25) is 5.02 Å². The highest BCUT2D eigenvalue weighted by Gasteiger charge is 2.32. The molecule has 0 aromatic heterocycles. The van der Waals surface area contributed by atoms with Gasteiger partial charge in [-0.15, -0.1) is 0 Å². The lowest BCUT2D eigenvalue weighted by Crippen LogP contribution is -2.45. The molecule has 240 valence electrons. The zero-order valence-corrected chi connectivity index (χ0v) is 27.0. The van der Waals surface area contributed by atoms with Crippen LogP contribution >= 0.6 is 11.6 Å². The summed E-state index contributed by atoms with van der Waals surface area (Å²) in [6.45, 7) is 3.32. The van der Waals surface area contributed by atoms with Crippen molar-refractivity contribution < 1.29 is 27.5 Å². The third kappa shape index (κ3) is 8.52. The number of aryl methyl sites for hydroxylation is 1. The second-order valence-corrected chi connectivity index (χ2v) is 13.3. The minimum Gasteiger partial charge on any atom is -0.484 e. The maximum Gasteiger partial charge on any atom is 0.261 e. The van der Waals surface area contributed by atoms with E-state index in [2.05, 4.69) is 5.32 Å². The van der Waals surface area contributed by atoms with Crippen LogP contribution in [0.4, 0.5) is 0 Å². The number of hydrogen-bond donors (Lipinski definition) is 1. The molecule has 1 fully saturated rings. The Hall–Kier alpha value is -4.22. The largest absolute Gasteiger partial charge is 0.484 e. The lowest BCUT2D eigenvalue weighted by atomic mass is 10.0. The summed E-state index contributed by atoms with van der Waals surface area (Å²) < 4.78 is 38.5. The molecule has 0 aliphatic carbocycles. The number of carbonyl (C=O) groups excluding carboxylic acids is 2. The Balaban J connectivity index is 1.36. The number of amides is 2. The molecule has 5 rings (SSSR count). The average molecular weight is 662 g/mol. The van der Waals surface area contributed by atoms with Gasteiger partial charge in [-0.2, -0.15) is 4.31 Å². The molecule has 1 aliphatic rings. The van der Waals surface area contributed by atoms with Crippen molar-refractivity contribution in [1.82, 2.24) is 14.5 Å². The Labute approximate surface area is 274 Å². The Bertz CT molecular complexity index is 1710. The lowest BCUT2D eigenvalue weighted by molar-refractivity contribution is -0.143. The van der Waals surface area contributed by atoms with Crippen LogP contribution in [0.15, 0.2) is 108 Å². The average Bonchev–Trinajstić information content (AvgIpc) is 3.08. The molecule has 1 atom stereocenters. The molecule has 4 aromatic rings.